The average Bonchev–Trinajstić information content (AvgIpc) is 3.46. The SMILES string of the molecule is COC(C)ON1C(=O)C(c2c(C)ccc(C)c2C)=C(OC(=O)C2CC2)C1(C)C. The van der Waals surface area contributed by atoms with Gasteiger partial charge in [0.15, 0.2) is 6.29 Å². The highest BCUT2D eigenvalue weighted by Gasteiger charge is 2.51. The van der Waals surface area contributed by atoms with Gasteiger partial charge in [-0.25, -0.2) is 9.90 Å². The van der Waals surface area contributed by atoms with E-state index in [4.69, 9.17) is 14.3 Å². The molecule has 0 spiro atoms. The quantitative estimate of drug-likeness (QED) is 0.548. The highest BCUT2D eigenvalue weighted by molar-refractivity contribution is 6.23. The maximum absolute atomic E-state index is 13.5. The minimum Gasteiger partial charge on any atom is -0.427 e. The third-order valence-corrected chi connectivity index (χ3v) is 5.58. The van der Waals surface area contributed by atoms with Crippen LogP contribution in [0.15, 0.2) is 17.9 Å². The Labute approximate surface area is 166 Å². The van der Waals surface area contributed by atoms with E-state index in [1.807, 2.05) is 46.8 Å². The summed E-state index contributed by atoms with van der Waals surface area (Å²) in [6.07, 6.45) is 1.04. The second-order valence-corrected chi connectivity index (χ2v) is 8.17. The van der Waals surface area contributed by atoms with Crippen molar-refractivity contribution in [2.24, 2.45) is 5.92 Å². The Hall–Kier alpha value is -2.18. The van der Waals surface area contributed by atoms with Crippen LogP contribution < -0.4 is 0 Å². The second kappa shape index (κ2) is 7.33. The van der Waals surface area contributed by atoms with Gasteiger partial charge >= 0.3 is 5.97 Å². The van der Waals surface area contributed by atoms with Crippen molar-refractivity contribution in [3.63, 3.8) is 0 Å². The second-order valence-electron chi connectivity index (χ2n) is 8.17. The standard InChI is InChI=1S/C22H29NO5/c1-12-8-9-13(2)17(14(12)3)18-19(27-21(25)16-10-11-16)22(5,6)23(20(18)24)28-15(4)26-7/h8-9,15-16H,10-11H2,1-7H3. The van der Waals surface area contributed by atoms with Gasteiger partial charge in [-0.2, -0.15) is 0 Å². The third kappa shape index (κ3) is 3.47. The van der Waals surface area contributed by atoms with E-state index >= 15 is 0 Å². The fraction of sp³-hybridized carbons (Fsp3) is 0.545. The summed E-state index contributed by atoms with van der Waals surface area (Å²) in [4.78, 5) is 31.7. The monoisotopic (exact) mass is 387 g/mol. The van der Waals surface area contributed by atoms with Crippen molar-refractivity contribution in [3.05, 3.63) is 40.1 Å². The van der Waals surface area contributed by atoms with Gasteiger partial charge in [-0.1, -0.05) is 12.1 Å². The molecule has 0 N–H and O–H groups in total. The van der Waals surface area contributed by atoms with Gasteiger partial charge in [-0.05, 0) is 76.6 Å². The molecule has 1 aliphatic carbocycles. The molecular weight excluding hydrogens is 358 g/mol. The van der Waals surface area contributed by atoms with Crippen molar-refractivity contribution in [2.75, 3.05) is 7.11 Å². The molecule has 1 aromatic rings. The number of hydrogen-bond acceptors (Lipinski definition) is 5. The Balaban J connectivity index is 2.16. The first kappa shape index (κ1) is 20.6. The number of amides is 1. The van der Waals surface area contributed by atoms with Crippen molar-refractivity contribution in [2.45, 2.75) is 66.2 Å². The van der Waals surface area contributed by atoms with E-state index < -0.39 is 11.8 Å². The molecule has 0 radical (unpaired) electrons. The maximum Gasteiger partial charge on any atom is 0.314 e. The summed E-state index contributed by atoms with van der Waals surface area (Å²) in [5.41, 5.74) is 3.24. The molecule has 3 rings (SSSR count). The zero-order chi connectivity index (χ0) is 20.8. The van der Waals surface area contributed by atoms with Crippen LogP contribution in [0.1, 0.15) is 55.9 Å². The Kier molecular flexibility index (Phi) is 5.38. The number of aryl methyl sites for hydroxylation is 2. The Morgan fingerprint density at radius 3 is 2.36 bits per heavy atom. The minimum atomic E-state index is -0.952. The summed E-state index contributed by atoms with van der Waals surface area (Å²) in [5.74, 6) is -0.344. The van der Waals surface area contributed by atoms with Gasteiger partial charge in [-0.15, -0.1) is 0 Å². The van der Waals surface area contributed by atoms with Gasteiger partial charge in [-0.3, -0.25) is 9.59 Å². The van der Waals surface area contributed by atoms with E-state index in [0.717, 1.165) is 35.1 Å². The minimum absolute atomic E-state index is 0.0766. The molecule has 1 fully saturated rings. The smallest absolute Gasteiger partial charge is 0.314 e. The topological polar surface area (TPSA) is 65.1 Å². The van der Waals surface area contributed by atoms with Crippen LogP contribution in [0.5, 0.6) is 0 Å². The van der Waals surface area contributed by atoms with Crippen LogP contribution in [-0.2, 0) is 23.9 Å². The van der Waals surface area contributed by atoms with Gasteiger partial charge in [0, 0.05) is 7.11 Å². The molecule has 1 aliphatic heterocycles. The molecule has 0 aromatic heterocycles. The van der Waals surface area contributed by atoms with Crippen molar-refractivity contribution < 1.29 is 23.9 Å². The summed E-state index contributed by atoms with van der Waals surface area (Å²) in [6.45, 7) is 11.3. The van der Waals surface area contributed by atoms with Crippen LogP contribution in [0, 0.1) is 26.7 Å². The number of hydroxylamine groups is 2. The number of carbonyl (C=O) groups is 2. The van der Waals surface area contributed by atoms with Gasteiger partial charge in [0.05, 0.1) is 11.5 Å². The zero-order valence-electron chi connectivity index (χ0n) is 17.7. The van der Waals surface area contributed by atoms with Crippen LogP contribution >= 0.6 is 0 Å². The molecule has 28 heavy (non-hydrogen) atoms. The van der Waals surface area contributed by atoms with E-state index in [1.165, 1.54) is 12.2 Å². The lowest BCUT2D eigenvalue weighted by Gasteiger charge is -2.33. The molecule has 2 aliphatic rings. The van der Waals surface area contributed by atoms with E-state index in [2.05, 4.69) is 0 Å². The molecule has 152 valence electrons. The molecule has 6 nitrogen and oxygen atoms in total. The van der Waals surface area contributed by atoms with Gasteiger partial charge < -0.3 is 9.47 Å². The summed E-state index contributed by atoms with van der Waals surface area (Å²) < 4.78 is 11.0. The van der Waals surface area contributed by atoms with Crippen molar-refractivity contribution in [1.82, 2.24) is 5.06 Å². The first-order valence-corrected chi connectivity index (χ1v) is 9.67. The molecule has 1 aromatic carbocycles. The van der Waals surface area contributed by atoms with Crippen LogP contribution in [0.25, 0.3) is 5.57 Å². The lowest BCUT2D eigenvalue weighted by Crippen LogP contribution is -2.46. The fourth-order valence-electron chi connectivity index (χ4n) is 3.46. The lowest BCUT2D eigenvalue weighted by atomic mass is 9.90. The van der Waals surface area contributed by atoms with Gasteiger partial charge in [0.25, 0.3) is 5.91 Å². The normalized spacial score (nSPS) is 20.0. The number of methoxy groups -OCH3 is 1. The number of rotatable bonds is 6. The molecule has 0 bridgehead atoms. The molecule has 1 saturated carbocycles. The number of esters is 1. The number of benzene rings is 1. The van der Waals surface area contributed by atoms with E-state index in [1.54, 1.807) is 6.92 Å². The van der Waals surface area contributed by atoms with E-state index in [0.29, 0.717) is 11.3 Å². The molecule has 6 heteroatoms. The molecule has 0 saturated heterocycles. The van der Waals surface area contributed by atoms with Crippen LogP contribution in [0.4, 0.5) is 0 Å². The lowest BCUT2D eigenvalue weighted by molar-refractivity contribution is -0.276. The summed E-state index contributed by atoms with van der Waals surface area (Å²) in [5, 5.41) is 1.27. The number of ether oxygens (including phenoxy) is 2. The molecule has 1 heterocycles. The summed E-state index contributed by atoms with van der Waals surface area (Å²) >= 11 is 0. The van der Waals surface area contributed by atoms with E-state index in [-0.39, 0.29) is 17.8 Å². The van der Waals surface area contributed by atoms with Crippen LogP contribution in [0.2, 0.25) is 0 Å². The van der Waals surface area contributed by atoms with Gasteiger partial charge in [0.1, 0.15) is 11.3 Å². The fourth-order valence-corrected chi connectivity index (χ4v) is 3.46. The molecular formula is C22H29NO5. The summed E-state index contributed by atoms with van der Waals surface area (Å²) in [6, 6.07) is 4.00. The molecule has 1 amide bonds. The highest BCUT2D eigenvalue weighted by atomic mass is 16.8. The van der Waals surface area contributed by atoms with Crippen molar-refractivity contribution in [1.29, 1.82) is 0 Å². The van der Waals surface area contributed by atoms with Crippen LogP contribution in [0.3, 0.4) is 0 Å². The van der Waals surface area contributed by atoms with Crippen molar-refractivity contribution >= 4 is 17.4 Å². The predicted molar refractivity (Wildman–Crippen MR) is 105 cm³/mol. The van der Waals surface area contributed by atoms with Crippen molar-refractivity contribution in [3.8, 4) is 0 Å². The Morgan fingerprint density at radius 2 is 1.79 bits per heavy atom. The Bertz CT molecular complexity index is 851. The zero-order valence-corrected chi connectivity index (χ0v) is 17.7. The molecule has 1 unspecified atom stereocenters. The third-order valence-electron chi connectivity index (χ3n) is 5.58. The molecule has 1 atom stereocenters. The highest BCUT2D eigenvalue weighted by Crippen LogP contribution is 2.44. The number of hydrogen-bond donors (Lipinski definition) is 0. The maximum atomic E-state index is 13.5. The van der Waals surface area contributed by atoms with Gasteiger partial charge in [0.2, 0.25) is 0 Å². The Morgan fingerprint density at radius 1 is 1.18 bits per heavy atom. The van der Waals surface area contributed by atoms with Crippen LogP contribution in [-0.4, -0.2) is 35.9 Å². The predicted octanol–water partition coefficient (Wildman–Crippen LogP) is 3.82. The number of nitrogens with zero attached hydrogens (tertiary/aromatic N) is 1. The summed E-state index contributed by atoms with van der Waals surface area (Å²) in [7, 11) is 1.51. The average molecular weight is 387 g/mol. The largest absolute Gasteiger partial charge is 0.427 e. The first-order valence-electron chi connectivity index (χ1n) is 9.67. The van der Waals surface area contributed by atoms with E-state index in [9.17, 15) is 9.59 Å². The first-order chi connectivity index (χ1) is 13.1. The number of carbonyl (C=O) groups excluding carboxylic acids is 2.